The van der Waals surface area contributed by atoms with Crippen LogP contribution in [-0.4, -0.2) is 7.05 Å². The summed E-state index contributed by atoms with van der Waals surface area (Å²) in [6.07, 6.45) is 2.44. The van der Waals surface area contributed by atoms with Gasteiger partial charge in [-0.15, -0.1) is 0 Å². The molecular formula is C12H16FN. The maximum Gasteiger partial charge on any atom is 0.146 e. The van der Waals surface area contributed by atoms with Crippen LogP contribution in [0.25, 0.3) is 0 Å². The van der Waals surface area contributed by atoms with Crippen LogP contribution >= 0.6 is 0 Å². The summed E-state index contributed by atoms with van der Waals surface area (Å²) >= 11 is 0. The van der Waals surface area contributed by atoms with Gasteiger partial charge < -0.3 is 5.32 Å². The van der Waals surface area contributed by atoms with E-state index in [0.29, 0.717) is 11.6 Å². The van der Waals surface area contributed by atoms with Crippen molar-refractivity contribution in [3.8, 4) is 0 Å². The van der Waals surface area contributed by atoms with Crippen molar-refractivity contribution in [2.45, 2.75) is 25.7 Å². The Kier molecular flexibility index (Phi) is 2.44. The third-order valence-electron chi connectivity index (χ3n) is 3.14. The largest absolute Gasteiger partial charge is 0.386 e. The first-order valence-electron chi connectivity index (χ1n) is 5.23. The molecule has 1 N–H and O–H groups in total. The summed E-state index contributed by atoms with van der Waals surface area (Å²) in [6.45, 7) is 2.20. The Bertz CT molecular complexity index is 335. The molecule has 0 bridgehead atoms. The van der Waals surface area contributed by atoms with Gasteiger partial charge in [0.25, 0.3) is 0 Å². The van der Waals surface area contributed by atoms with Gasteiger partial charge >= 0.3 is 0 Å². The lowest BCUT2D eigenvalue weighted by molar-refractivity contribution is 0.628. The lowest BCUT2D eigenvalue weighted by Gasteiger charge is -2.04. The topological polar surface area (TPSA) is 12.0 Å². The summed E-state index contributed by atoms with van der Waals surface area (Å²) in [6, 6.07) is 5.54. The van der Waals surface area contributed by atoms with Gasteiger partial charge in [-0.2, -0.15) is 0 Å². The van der Waals surface area contributed by atoms with Crippen molar-refractivity contribution in [3.63, 3.8) is 0 Å². The zero-order chi connectivity index (χ0) is 10.1. The Labute approximate surface area is 84.3 Å². The van der Waals surface area contributed by atoms with Crippen LogP contribution in [0.3, 0.4) is 0 Å². The Morgan fingerprint density at radius 2 is 2.29 bits per heavy atom. The fourth-order valence-corrected chi connectivity index (χ4v) is 2.07. The summed E-state index contributed by atoms with van der Waals surface area (Å²) in [5.41, 5.74) is 1.75. The number of anilines is 1. The molecule has 1 aromatic rings. The summed E-state index contributed by atoms with van der Waals surface area (Å²) in [7, 11) is 1.74. The van der Waals surface area contributed by atoms with E-state index >= 15 is 0 Å². The quantitative estimate of drug-likeness (QED) is 0.776. The minimum absolute atomic E-state index is 0.133. The molecule has 2 rings (SSSR count). The van der Waals surface area contributed by atoms with E-state index < -0.39 is 0 Å². The second-order valence-electron chi connectivity index (χ2n) is 4.00. The van der Waals surface area contributed by atoms with E-state index in [0.717, 1.165) is 11.5 Å². The van der Waals surface area contributed by atoms with Gasteiger partial charge in [0, 0.05) is 7.05 Å². The highest BCUT2D eigenvalue weighted by atomic mass is 19.1. The molecule has 1 saturated carbocycles. The van der Waals surface area contributed by atoms with Crippen LogP contribution in [-0.2, 0) is 0 Å². The predicted molar refractivity (Wildman–Crippen MR) is 57.1 cm³/mol. The molecule has 1 nitrogen and oxygen atoms in total. The molecular weight excluding hydrogens is 177 g/mol. The summed E-state index contributed by atoms with van der Waals surface area (Å²) < 4.78 is 13.4. The molecule has 1 aliphatic rings. The van der Waals surface area contributed by atoms with Gasteiger partial charge in [-0.05, 0) is 36.0 Å². The first-order chi connectivity index (χ1) is 6.76. The van der Waals surface area contributed by atoms with Gasteiger partial charge in [-0.3, -0.25) is 0 Å². The van der Waals surface area contributed by atoms with Gasteiger partial charge in [0.2, 0.25) is 0 Å². The number of benzene rings is 1. The molecule has 1 fully saturated rings. The van der Waals surface area contributed by atoms with E-state index in [1.807, 2.05) is 12.1 Å². The lowest BCUT2D eigenvalue weighted by Crippen LogP contribution is -1.93. The van der Waals surface area contributed by atoms with Gasteiger partial charge in [-0.25, -0.2) is 4.39 Å². The number of hydrogen-bond donors (Lipinski definition) is 1. The van der Waals surface area contributed by atoms with Gasteiger partial charge in [-0.1, -0.05) is 19.4 Å². The van der Waals surface area contributed by atoms with Gasteiger partial charge in [0.1, 0.15) is 5.82 Å². The average molecular weight is 193 g/mol. The molecule has 0 aliphatic heterocycles. The normalized spacial score (nSPS) is 24.8. The van der Waals surface area contributed by atoms with E-state index in [4.69, 9.17) is 0 Å². The molecule has 1 aliphatic carbocycles. The zero-order valence-electron chi connectivity index (χ0n) is 8.68. The minimum Gasteiger partial charge on any atom is -0.386 e. The SMILES string of the molecule is CCC1CC1c1ccc(NC)c(F)c1. The van der Waals surface area contributed by atoms with Crippen LogP contribution in [0, 0.1) is 11.7 Å². The molecule has 0 aromatic heterocycles. The zero-order valence-corrected chi connectivity index (χ0v) is 8.68. The van der Waals surface area contributed by atoms with Crippen molar-refractivity contribution in [1.29, 1.82) is 0 Å². The average Bonchev–Trinajstić information content (AvgIpc) is 2.96. The summed E-state index contributed by atoms with van der Waals surface area (Å²) in [5, 5.41) is 2.83. The van der Waals surface area contributed by atoms with Crippen LogP contribution in [0.1, 0.15) is 31.2 Å². The van der Waals surface area contributed by atoms with Crippen LogP contribution in [0.2, 0.25) is 0 Å². The third-order valence-corrected chi connectivity index (χ3v) is 3.14. The first kappa shape index (κ1) is 9.50. The molecule has 2 heteroatoms. The maximum absolute atomic E-state index is 13.4. The van der Waals surface area contributed by atoms with E-state index in [2.05, 4.69) is 12.2 Å². The molecule has 14 heavy (non-hydrogen) atoms. The molecule has 76 valence electrons. The Morgan fingerprint density at radius 1 is 1.50 bits per heavy atom. The fraction of sp³-hybridized carbons (Fsp3) is 0.500. The van der Waals surface area contributed by atoms with Crippen molar-refractivity contribution < 1.29 is 4.39 Å². The lowest BCUT2D eigenvalue weighted by atomic mass is 10.1. The summed E-state index contributed by atoms with van der Waals surface area (Å²) in [4.78, 5) is 0. The van der Waals surface area contributed by atoms with E-state index in [1.165, 1.54) is 12.8 Å². The van der Waals surface area contributed by atoms with Crippen molar-refractivity contribution in [2.24, 2.45) is 5.92 Å². The maximum atomic E-state index is 13.4. The molecule has 0 heterocycles. The Morgan fingerprint density at radius 3 is 2.79 bits per heavy atom. The number of halogens is 1. The Hall–Kier alpha value is -1.05. The Balaban J connectivity index is 2.17. The molecule has 0 saturated heterocycles. The van der Waals surface area contributed by atoms with Crippen LogP contribution in [0.5, 0.6) is 0 Å². The first-order valence-corrected chi connectivity index (χ1v) is 5.23. The summed E-state index contributed by atoms with van der Waals surface area (Å²) in [5.74, 6) is 1.27. The number of rotatable bonds is 3. The minimum atomic E-state index is -0.133. The molecule has 2 unspecified atom stereocenters. The number of nitrogens with one attached hydrogen (secondary N) is 1. The van der Waals surface area contributed by atoms with Crippen LogP contribution < -0.4 is 5.32 Å². The third kappa shape index (κ3) is 1.61. The van der Waals surface area contributed by atoms with Crippen molar-refractivity contribution in [1.82, 2.24) is 0 Å². The van der Waals surface area contributed by atoms with Crippen LogP contribution in [0.15, 0.2) is 18.2 Å². The highest BCUT2D eigenvalue weighted by Gasteiger charge is 2.36. The van der Waals surface area contributed by atoms with E-state index in [9.17, 15) is 4.39 Å². The van der Waals surface area contributed by atoms with E-state index in [1.54, 1.807) is 13.1 Å². The predicted octanol–water partition coefficient (Wildman–Crippen LogP) is 3.38. The van der Waals surface area contributed by atoms with Crippen molar-refractivity contribution in [2.75, 3.05) is 12.4 Å². The molecule has 0 spiro atoms. The number of hydrogen-bond acceptors (Lipinski definition) is 1. The monoisotopic (exact) mass is 193 g/mol. The van der Waals surface area contributed by atoms with E-state index in [-0.39, 0.29) is 5.82 Å². The highest BCUT2D eigenvalue weighted by molar-refractivity contribution is 5.47. The van der Waals surface area contributed by atoms with Crippen molar-refractivity contribution >= 4 is 5.69 Å². The van der Waals surface area contributed by atoms with Gasteiger partial charge in [0.15, 0.2) is 0 Å². The molecule has 0 amide bonds. The van der Waals surface area contributed by atoms with Gasteiger partial charge in [0.05, 0.1) is 5.69 Å². The standard InChI is InChI=1S/C12H16FN/c1-3-8-6-10(8)9-4-5-12(14-2)11(13)7-9/h4-5,7-8,10,14H,3,6H2,1-2H3. The molecule has 2 atom stereocenters. The molecule has 1 aromatic carbocycles. The van der Waals surface area contributed by atoms with Crippen LogP contribution in [0.4, 0.5) is 10.1 Å². The molecule has 0 radical (unpaired) electrons. The highest BCUT2D eigenvalue weighted by Crippen LogP contribution is 2.49. The fourth-order valence-electron chi connectivity index (χ4n) is 2.07. The van der Waals surface area contributed by atoms with Crippen molar-refractivity contribution in [3.05, 3.63) is 29.6 Å². The second-order valence-corrected chi connectivity index (χ2v) is 4.00. The smallest absolute Gasteiger partial charge is 0.146 e. The second kappa shape index (κ2) is 3.60.